The molecule has 0 aromatic carbocycles. The molecule has 26 heavy (non-hydrogen) atoms. The Morgan fingerprint density at radius 1 is 0.769 bits per heavy atom. The van der Waals surface area contributed by atoms with Crippen LogP contribution in [0.2, 0.25) is 0 Å². The van der Waals surface area contributed by atoms with Crippen LogP contribution in [0.15, 0.2) is 0 Å². The number of alkyl halides is 11. The molecule has 0 atom stereocenters. The molecule has 16 heteroatoms. The van der Waals surface area contributed by atoms with Crippen LogP contribution in [0.5, 0.6) is 0 Å². The van der Waals surface area contributed by atoms with E-state index < -0.39 is 46.3 Å². The SMILES string of the molecule is Cc1nnc(NC(=O)C2(F)C(F)(F)C(F)(F)C(F)(F)C(F)(F)C2(F)F)s1. The average Bonchev–Trinajstić information content (AvgIpc) is 2.89. The number of anilines is 1. The first kappa shape index (κ1) is 20.6. The van der Waals surface area contributed by atoms with Crippen molar-refractivity contribution in [1.29, 1.82) is 0 Å². The molecule has 4 nitrogen and oxygen atoms in total. The molecule has 1 saturated carbocycles. The Morgan fingerprint density at radius 3 is 1.50 bits per heavy atom. The number of aromatic nitrogens is 2. The van der Waals surface area contributed by atoms with Gasteiger partial charge < -0.3 is 0 Å². The summed E-state index contributed by atoms with van der Waals surface area (Å²) in [6.45, 7) is 1.17. The third-order valence-corrected chi connectivity index (χ3v) is 4.26. The summed E-state index contributed by atoms with van der Waals surface area (Å²) in [6, 6.07) is 0. The Bertz CT molecular complexity index is 716. The molecule has 1 aromatic heterocycles. The van der Waals surface area contributed by atoms with E-state index in [0.717, 1.165) is 5.32 Å². The maximum Gasteiger partial charge on any atom is 0.384 e. The van der Waals surface area contributed by atoms with E-state index in [2.05, 4.69) is 10.2 Å². The number of hydrogen-bond acceptors (Lipinski definition) is 4. The van der Waals surface area contributed by atoms with Gasteiger partial charge in [0.25, 0.3) is 5.91 Å². The zero-order valence-electron chi connectivity index (χ0n) is 11.9. The van der Waals surface area contributed by atoms with E-state index in [9.17, 15) is 53.1 Å². The van der Waals surface area contributed by atoms with Crippen molar-refractivity contribution in [2.75, 3.05) is 5.32 Å². The molecular formula is C10H4F11N3OS. The van der Waals surface area contributed by atoms with Crippen LogP contribution in [-0.4, -0.2) is 51.4 Å². The predicted octanol–water partition coefficient (Wildman–Crippen LogP) is 3.68. The molecule has 1 fully saturated rings. The molecule has 0 bridgehead atoms. The normalized spacial score (nSPS) is 26.9. The zero-order valence-corrected chi connectivity index (χ0v) is 12.7. The summed E-state index contributed by atoms with van der Waals surface area (Å²) in [4.78, 5) is 11.5. The molecule has 1 aliphatic carbocycles. The number of amides is 1. The molecule has 0 radical (unpaired) electrons. The fourth-order valence-electron chi connectivity index (χ4n) is 2.04. The summed E-state index contributed by atoms with van der Waals surface area (Å²) in [5, 5.41) is 5.85. The maximum atomic E-state index is 14.3. The molecule has 1 aromatic rings. The van der Waals surface area contributed by atoms with Crippen molar-refractivity contribution in [2.24, 2.45) is 0 Å². The molecule has 1 aliphatic rings. The molecule has 1 N–H and O–H groups in total. The second-order valence-electron chi connectivity index (χ2n) is 5.11. The lowest BCUT2D eigenvalue weighted by Gasteiger charge is -2.51. The van der Waals surface area contributed by atoms with Crippen LogP contribution in [0.25, 0.3) is 0 Å². The number of carbonyl (C=O) groups excluding carboxylic acids is 1. The van der Waals surface area contributed by atoms with Gasteiger partial charge in [-0.3, -0.25) is 10.1 Å². The van der Waals surface area contributed by atoms with Gasteiger partial charge in [-0.2, -0.15) is 43.9 Å². The van der Waals surface area contributed by atoms with Gasteiger partial charge in [-0.25, -0.2) is 4.39 Å². The lowest BCUT2D eigenvalue weighted by molar-refractivity contribution is -0.475. The lowest BCUT2D eigenvalue weighted by Crippen LogP contribution is -2.86. The number of nitrogens with one attached hydrogen (secondary N) is 1. The number of aryl methyl sites for hydroxylation is 1. The molecule has 148 valence electrons. The van der Waals surface area contributed by atoms with E-state index in [4.69, 9.17) is 0 Å². The topological polar surface area (TPSA) is 54.9 Å². The summed E-state index contributed by atoms with van der Waals surface area (Å²) >= 11 is 0.245. The Hall–Kier alpha value is -1.74. The Kier molecular flexibility index (Phi) is 4.08. The predicted molar refractivity (Wildman–Crippen MR) is 61.8 cm³/mol. The van der Waals surface area contributed by atoms with Crippen LogP contribution in [0, 0.1) is 6.92 Å². The third kappa shape index (κ3) is 1.98. The molecule has 0 unspecified atom stereocenters. The number of nitrogens with zero attached hydrogens (tertiary/aromatic N) is 2. The first-order chi connectivity index (χ1) is 11.4. The van der Waals surface area contributed by atoms with Crippen molar-refractivity contribution >= 4 is 22.4 Å². The average molecular weight is 423 g/mol. The highest BCUT2D eigenvalue weighted by Crippen LogP contribution is 2.69. The van der Waals surface area contributed by atoms with E-state index in [1.165, 1.54) is 6.92 Å². The van der Waals surface area contributed by atoms with E-state index in [1.54, 1.807) is 0 Å². The van der Waals surface area contributed by atoms with Gasteiger partial charge in [0.1, 0.15) is 5.01 Å². The number of carbonyl (C=O) groups is 1. The van der Waals surface area contributed by atoms with Gasteiger partial charge in [0.05, 0.1) is 0 Å². The highest BCUT2D eigenvalue weighted by atomic mass is 32.1. The van der Waals surface area contributed by atoms with Gasteiger partial charge in [0.15, 0.2) is 0 Å². The second kappa shape index (κ2) is 5.16. The lowest BCUT2D eigenvalue weighted by atomic mass is 9.71. The van der Waals surface area contributed by atoms with Crippen LogP contribution in [0.4, 0.5) is 53.4 Å². The Labute approximate surface area is 139 Å². The van der Waals surface area contributed by atoms with Crippen molar-refractivity contribution < 1.29 is 53.1 Å². The van der Waals surface area contributed by atoms with Gasteiger partial charge in [0.2, 0.25) is 5.13 Å². The van der Waals surface area contributed by atoms with Crippen LogP contribution in [0.3, 0.4) is 0 Å². The van der Waals surface area contributed by atoms with Gasteiger partial charge >= 0.3 is 35.3 Å². The first-order valence-corrected chi connectivity index (χ1v) is 6.90. The second-order valence-corrected chi connectivity index (χ2v) is 6.29. The molecule has 0 spiro atoms. The minimum absolute atomic E-state index is 0.0578. The largest absolute Gasteiger partial charge is 0.384 e. The van der Waals surface area contributed by atoms with Gasteiger partial charge in [-0.05, 0) is 6.92 Å². The van der Waals surface area contributed by atoms with Crippen LogP contribution in [0.1, 0.15) is 5.01 Å². The van der Waals surface area contributed by atoms with Gasteiger partial charge in [0, 0.05) is 0 Å². The fraction of sp³-hybridized carbons (Fsp3) is 0.700. The zero-order chi connectivity index (χ0) is 20.6. The first-order valence-electron chi connectivity index (χ1n) is 6.09. The van der Waals surface area contributed by atoms with Gasteiger partial charge in [-0.15, -0.1) is 10.2 Å². The van der Waals surface area contributed by atoms with Crippen molar-refractivity contribution in [2.45, 2.75) is 42.2 Å². The summed E-state index contributed by atoms with van der Waals surface area (Å²) < 4.78 is 148. The number of hydrogen-bond donors (Lipinski definition) is 1. The smallest absolute Gasteiger partial charge is 0.297 e. The van der Waals surface area contributed by atoms with Crippen molar-refractivity contribution in [3.63, 3.8) is 0 Å². The van der Waals surface area contributed by atoms with E-state index in [-0.39, 0.29) is 16.3 Å². The molecule has 0 saturated heterocycles. The maximum absolute atomic E-state index is 14.3. The van der Waals surface area contributed by atoms with E-state index >= 15 is 0 Å². The van der Waals surface area contributed by atoms with Crippen LogP contribution >= 0.6 is 11.3 Å². The highest BCUT2D eigenvalue weighted by Gasteiger charge is 3.02. The van der Waals surface area contributed by atoms with Crippen LogP contribution < -0.4 is 5.32 Å². The summed E-state index contributed by atoms with van der Waals surface area (Å²) in [5.74, 6) is -39.9. The minimum atomic E-state index is -7.37. The number of halogens is 11. The molecule has 1 heterocycles. The van der Waals surface area contributed by atoms with E-state index in [0.29, 0.717) is 0 Å². The summed E-state index contributed by atoms with van der Waals surface area (Å²) in [6.07, 6.45) is 0. The standard InChI is InChI=1S/C10H4F11N3OS/c1-2-23-24-4(26-2)22-3(25)5(11)6(12,13)8(16,17)10(20,21)9(18,19)7(5,14)15/h1H3,(H,22,24,25). The number of rotatable bonds is 2. The molecule has 2 rings (SSSR count). The Balaban J connectivity index is 2.68. The van der Waals surface area contributed by atoms with Gasteiger partial charge in [-0.1, -0.05) is 11.3 Å². The molecule has 0 aliphatic heterocycles. The fourth-order valence-corrected chi connectivity index (χ4v) is 2.62. The molecular weight excluding hydrogens is 419 g/mol. The van der Waals surface area contributed by atoms with Crippen molar-refractivity contribution in [3.8, 4) is 0 Å². The minimum Gasteiger partial charge on any atom is -0.297 e. The monoisotopic (exact) mass is 423 g/mol. The van der Waals surface area contributed by atoms with E-state index in [1.807, 2.05) is 0 Å². The van der Waals surface area contributed by atoms with Crippen LogP contribution in [-0.2, 0) is 4.79 Å². The summed E-state index contributed by atoms with van der Waals surface area (Å²) in [5.41, 5.74) is -6.74. The quantitative estimate of drug-likeness (QED) is 0.739. The van der Waals surface area contributed by atoms with Crippen molar-refractivity contribution in [3.05, 3.63) is 5.01 Å². The highest BCUT2D eigenvalue weighted by molar-refractivity contribution is 7.15. The Morgan fingerprint density at radius 2 is 1.15 bits per heavy atom. The molecule has 1 amide bonds. The third-order valence-electron chi connectivity index (χ3n) is 3.50. The summed E-state index contributed by atoms with van der Waals surface area (Å²) in [7, 11) is 0. The van der Waals surface area contributed by atoms with Crippen molar-refractivity contribution in [1.82, 2.24) is 10.2 Å².